The molecule has 0 spiro atoms. The monoisotopic (exact) mass is 206 g/mol. The average molecular weight is 206 g/mol. The van der Waals surface area contributed by atoms with Gasteiger partial charge in [-0.05, 0) is 13.0 Å². The molecule has 0 unspecified atom stereocenters. The number of aromatic nitrogens is 2. The normalized spacial score (nSPS) is 10.6. The Morgan fingerprint density at radius 2 is 2.27 bits per heavy atom. The maximum Gasteiger partial charge on any atom is 0.147 e. The van der Waals surface area contributed by atoms with E-state index < -0.39 is 0 Å². The number of benzene rings is 1. The van der Waals surface area contributed by atoms with Crippen LogP contribution in [-0.4, -0.2) is 14.7 Å². The van der Waals surface area contributed by atoms with Crippen molar-refractivity contribution in [2.24, 2.45) is 0 Å². The Bertz CT molecular complexity index is 479. The van der Waals surface area contributed by atoms with Gasteiger partial charge in [-0.15, -0.1) is 0 Å². The van der Waals surface area contributed by atoms with Crippen molar-refractivity contribution in [3.05, 3.63) is 47.8 Å². The van der Waals surface area contributed by atoms with Crippen LogP contribution in [0, 0.1) is 12.7 Å². The molecule has 1 aromatic carbocycles. The Labute approximate surface area is 86.8 Å². The molecule has 0 fully saturated rings. The van der Waals surface area contributed by atoms with Gasteiger partial charge in [-0.3, -0.25) is 0 Å². The molecule has 0 saturated heterocycles. The molecule has 3 nitrogen and oxygen atoms in total. The average Bonchev–Trinajstić information content (AvgIpc) is 2.64. The quantitative estimate of drug-likeness (QED) is 0.813. The SMILES string of the molecule is Cc1nccn1-c1c(F)cccc1CO. The summed E-state index contributed by atoms with van der Waals surface area (Å²) in [5.74, 6) is 0.331. The van der Waals surface area contributed by atoms with Crippen molar-refractivity contribution in [3.8, 4) is 5.69 Å². The molecule has 15 heavy (non-hydrogen) atoms. The fourth-order valence-corrected chi connectivity index (χ4v) is 1.57. The summed E-state index contributed by atoms with van der Waals surface area (Å²) >= 11 is 0. The van der Waals surface area contributed by atoms with Gasteiger partial charge in [0.2, 0.25) is 0 Å². The van der Waals surface area contributed by atoms with Gasteiger partial charge in [0.1, 0.15) is 11.6 Å². The summed E-state index contributed by atoms with van der Waals surface area (Å²) in [7, 11) is 0. The van der Waals surface area contributed by atoms with Crippen LogP contribution in [0.25, 0.3) is 5.69 Å². The topological polar surface area (TPSA) is 38.0 Å². The van der Waals surface area contributed by atoms with Gasteiger partial charge in [0, 0.05) is 18.0 Å². The van der Waals surface area contributed by atoms with Gasteiger partial charge in [-0.2, -0.15) is 0 Å². The fraction of sp³-hybridized carbons (Fsp3) is 0.182. The van der Waals surface area contributed by atoms with E-state index in [1.807, 2.05) is 0 Å². The molecule has 4 heteroatoms. The van der Waals surface area contributed by atoms with Crippen molar-refractivity contribution >= 4 is 0 Å². The van der Waals surface area contributed by atoms with Crippen molar-refractivity contribution in [3.63, 3.8) is 0 Å². The zero-order chi connectivity index (χ0) is 10.8. The van der Waals surface area contributed by atoms with Crippen LogP contribution in [0.5, 0.6) is 0 Å². The Morgan fingerprint density at radius 3 is 2.87 bits per heavy atom. The second kappa shape index (κ2) is 3.82. The highest BCUT2D eigenvalue weighted by Gasteiger charge is 2.11. The van der Waals surface area contributed by atoms with Gasteiger partial charge in [0.15, 0.2) is 0 Å². The van der Waals surface area contributed by atoms with Gasteiger partial charge in [0.25, 0.3) is 0 Å². The molecule has 0 aliphatic heterocycles. The summed E-state index contributed by atoms with van der Waals surface area (Å²) in [5.41, 5.74) is 0.922. The van der Waals surface area contributed by atoms with Crippen LogP contribution in [0.15, 0.2) is 30.6 Å². The number of hydrogen-bond acceptors (Lipinski definition) is 2. The number of halogens is 1. The molecular formula is C11H11FN2O. The molecular weight excluding hydrogens is 195 g/mol. The second-order valence-electron chi connectivity index (χ2n) is 3.25. The first-order valence-corrected chi connectivity index (χ1v) is 4.62. The van der Waals surface area contributed by atoms with Crippen molar-refractivity contribution < 1.29 is 9.50 Å². The van der Waals surface area contributed by atoms with E-state index in [1.54, 1.807) is 36.0 Å². The van der Waals surface area contributed by atoms with E-state index in [-0.39, 0.29) is 12.4 Å². The lowest BCUT2D eigenvalue weighted by atomic mass is 10.1. The van der Waals surface area contributed by atoms with Crippen LogP contribution >= 0.6 is 0 Å². The van der Waals surface area contributed by atoms with Crippen LogP contribution in [0.2, 0.25) is 0 Å². The highest BCUT2D eigenvalue weighted by molar-refractivity contribution is 5.43. The Balaban J connectivity index is 2.66. The molecule has 0 atom stereocenters. The maximum atomic E-state index is 13.6. The lowest BCUT2D eigenvalue weighted by Gasteiger charge is -2.10. The van der Waals surface area contributed by atoms with Gasteiger partial charge in [-0.1, -0.05) is 12.1 Å². The molecule has 0 aliphatic carbocycles. The summed E-state index contributed by atoms with van der Waals surface area (Å²) in [4.78, 5) is 4.02. The molecule has 0 saturated carbocycles. The minimum Gasteiger partial charge on any atom is -0.392 e. The smallest absolute Gasteiger partial charge is 0.147 e. The third-order valence-electron chi connectivity index (χ3n) is 2.31. The zero-order valence-corrected chi connectivity index (χ0v) is 8.31. The van der Waals surface area contributed by atoms with Crippen LogP contribution in [0.3, 0.4) is 0 Å². The van der Waals surface area contributed by atoms with Gasteiger partial charge >= 0.3 is 0 Å². The minimum absolute atomic E-state index is 0.190. The van der Waals surface area contributed by atoms with Crippen LogP contribution < -0.4 is 0 Å². The zero-order valence-electron chi connectivity index (χ0n) is 8.31. The summed E-state index contributed by atoms with van der Waals surface area (Å²) in [6.07, 6.45) is 3.27. The van der Waals surface area contributed by atoms with E-state index >= 15 is 0 Å². The van der Waals surface area contributed by atoms with Gasteiger partial charge in [0.05, 0.1) is 12.3 Å². The van der Waals surface area contributed by atoms with Crippen molar-refractivity contribution in [2.45, 2.75) is 13.5 Å². The molecule has 1 heterocycles. The van der Waals surface area contributed by atoms with E-state index in [0.29, 0.717) is 17.1 Å². The maximum absolute atomic E-state index is 13.6. The molecule has 0 radical (unpaired) electrons. The highest BCUT2D eigenvalue weighted by atomic mass is 19.1. The second-order valence-corrected chi connectivity index (χ2v) is 3.25. The Kier molecular flexibility index (Phi) is 2.51. The fourth-order valence-electron chi connectivity index (χ4n) is 1.57. The van der Waals surface area contributed by atoms with Gasteiger partial charge < -0.3 is 9.67 Å². The molecule has 78 valence electrons. The van der Waals surface area contributed by atoms with E-state index in [2.05, 4.69) is 4.98 Å². The van der Waals surface area contributed by atoms with Crippen molar-refractivity contribution in [1.29, 1.82) is 0 Å². The molecule has 0 aliphatic rings. The van der Waals surface area contributed by atoms with Crippen molar-refractivity contribution in [2.75, 3.05) is 0 Å². The van der Waals surface area contributed by atoms with E-state index in [0.717, 1.165) is 0 Å². The number of imidazole rings is 1. The van der Waals surface area contributed by atoms with E-state index in [9.17, 15) is 4.39 Å². The molecule has 2 aromatic rings. The number of aliphatic hydroxyl groups is 1. The van der Waals surface area contributed by atoms with Gasteiger partial charge in [-0.25, -0.2) is 9.37 Å². The van der Waals surface area contributed by atoms with E-state index in [4.69, 9.17) is 5.11 Å². The largest absolute Gasteiger partial charge is 0.392 e. The highest BCUT2D eigenvalue weighted by Crippen LogP contribution is 2.19. The third kappa shape index (κ3) is 1.64. The third-order valence-corrected chi connectivity index (χ3v) is 2.31. The molecule has 2 rings (SSSR count). The van der Waals surface area contributed by atoms with E-state index in [1.165, 1.54) is 6.07 Å². The predicted molar refractivity (Wildman–Crippen MR) is 54.2 cm³/mol. The summed E-state index contributed by atoms with van der Waals surface area (Å²) in [6, 6.07) is 4.64. The number of aliphatic hydroxyl groups excluding tert-OH is 1. The number of hydrogen-bond donors (Lipinski definition) is 1. The number of rotatable bonds is 2. The first-order valence-electron chi connectivity index (χ1n) is 4.62. The molecule has 0 amide bonds. The van der Waals surface area contributed by atoms with Crippen LogP contribution in [0.4, 0.5) is 4.39 Å². The van der Waals surface area contributed by atoms with Crippen molar-refractivity contribution in [1.82, 2.24) is 9.55 Å². The minimum atomic E-state index is -0.359. The summed E-state index contributed by atoms with van der Waals surface area (Å²) < 4.78 is 15.2. The first-order chi connectivity index (χ1) is 7.24. The Hall–Kier alpha value is -1.68. The number of aryl methyl sites for hydroxylation is 1. The summed E-state index contributed by atoms with van der Waals surface area (Å²) in [6.45, 7) is 1.60. The lowest BCUT2D eigenvalue weighted by Crippen LogP contribution is -2.03. The predicted octanol–water partition coefficient (Wildman–Crippen LogP) is 1.81. The standard InChI is InChI=1S/C11H11FN2O/c1-8-13-5-6-14(8)11-9(7-15)3-2-4-10(11)12/h2-6,15H,7H2,1H3. The van der Waals surface area contributed by atoms with Crippen LogP contribution in [0.1, 0.15) is 11.4 Å². The first kappa shape index (κ1) is 9.86. The molecule has 1 N–H and O–H groups in total. The number of para-hydroxylation sites is 1. The molecule has 1 aromatic heterocycles. The Morgan fingerprint density at radius 1 is 1.47 bits per heavy atom. The lowest BCUT2D eigenvalue weighted by molar-refractivity contribution is 0.281. The van der Waals surface area contributed by atoms with Crippen LogP contribution in [-0.2, 0) is 6.61 Å². The summed E-state index contributed by atoms with van der Waals surface area (Å²) in [5, 5.41) is 9.13. The number of nitrogens with zero attached hydrogens (tertiary/aromatic N) is 2. The molecule has 0 bridgehead atoms.